The van der Waals surface area contributed by atoms with Crippen molar-refractivity contribution in [3.63, 3.8) is 0 Å². The number of fused-ring (bicyclic) bond motifs is 1. The van der Waals surface area contributed by atoms with Crippen LogP contribution >= 0.6 is 0 Å². The molecule has 0 amide bonds. The number of rotatable bonds is 4. The molecule has 4 unspecified atom stereocenters. The lowest BCUT2D eigenvalue weighted by molar-refractivity contribution is -0.384. The summed E-state index contributed by atoms with van der Waals surface area (Å²) in [7, 11) is 0. The van der Waals surface area contributed by atoms with Crippen molar-refractivity contribution in [1.29, 1.82) is 0 Å². The van der Waals surface area contributed by atoms with Crippen LogP contribution in [0.1, 0.15) is 28.9 Å². The van der Waals surface area contributed by atoms with Gasteiger partial charge in [0.25, 0.3) is 5.69 Å². The average Bonchev–Trinajstić information content (AvgIpc) is 3.33. The van der Waals surface area contributed by atoms with Crippen LogP contribution in [0.2, 0.25) is 0 Å². The summed E-state index contributed by atoms with van der Waals surface area (Å²) in [4.78, 5) is 17.8. The number of nitro benzene ring substituents is 1. The molecule has 138 valence electrons. The van der Waals surface area contributed by atoms with Crippen LogP contribution in [0.25, 0.3) is 0 Å². The lowest BCUT2D eigenvalue weighted by atomic mass is 10.0. The highest BCUT2D eigenvalue weighted by Crippen LogP contribution is 2.55. The largest absolute Gasteiger partial charge is 0.508 e. The number of hydrogen-bond donors (Lipinski definition) is 1. The van der Waals surface area contributed by atoms with E-state index in [0.717, 1.165) is 22.4 Å². The van der Waals surface area contributed by atoms with E-state index < -0.39 is 0 Å². The van der Waals surface area contributed by atoms with E-state index in [4.69, 9.17) is 4.99 Å². The fourth-order valence-electron chi connectivity index (χ4n) is 4.01. The molecule has 0 aliphatic carbocycles. The third-order valence-electron chi connectivity index (χ3n) is 5.38. The van der Waals surface area contributed by atoms with E-state index in [9.17, 15) is 15.2 Å². The molecule has 4 atom stereocenters. The molecule has 0 spiro atoms. The lowest BCUT2D eigenvalue weighted by Crippen LogP contribution is -2.08. The molecule has 6 heteroatoms. The molecule has 0 radical (unpaired) electrons. The smallest absolute Gasteiger partial charge is 0.269 e. The fourth-order valence-corrected chi connectivity index (χ4v) is 4.01. The van der Waals surface area contributed by atoms with Gasteiger partial charge >= 0.3 is 0 Å². The minimum Gasteiger partial charge on any atom is -0.508 e. The molecule has 5 rings (SSSR count). The van der Waals surface area contributed by atoms with Gasteiger partial charge in [0, 0.05) is 12.1 Å². The molecule has 2 heterocycles. The number of nitro groups is 1. The van der Waals surface area contributed by atoms with Crippen LogP contribution in [0, 0.1) is 10.1 Å². The zero-order valence-corrected chi connectivity index (χ0v) is 14.8. The molecular formula is C22H17N3O3. The van der Waals surface area contributed by atoms with Crippen molar-refractivity contribution in [2.45, 2.75) is 18.2 Å². The Balaban J connectivity index is 1.53. The predicted octanol–water partition coefficient (Wildman–Crippen LogP) is 4.23. The van der Waals surface area contributed by atoms with Gasteiger partial charge in [-0.3, -0.25) is 20.0 Å². The van der Waals surface area contributed by atoms with Crippen LogP contribution in [0.15, 0.2) is 83.9 Å². The molecule has 3 aromatic carbocycles. The first-order chi connectivity index (χ1) is 13.6. The number of non-ortho nitro benzene ring substituents is 1. The van der Waals surface area contributed by atoms with Gasteiger partial charge in [-0.1, -0.05) is 54.6 Å². The number of phenols is 1. The highest BCUT2D eigenvalue weighted by Gasteiger charge is 2.59. The Kier molecular flexibility index (Phi) is 3.74. The maximum Gasteiger partial charge on any atom is 0.269 e. The molecule has 0 aromatic heterocycles. The first kappa shape index (κ1) is 16.6. The van der Waals surface area contributed by atoms with Crippen LogP contribution in [-0.2, 0) is 0 Å². The summed E-state index contributed by atoms with van der Waals surface area (Å²) >= 11 is 0. The van der Waals surface area contributed by atoms with E-state index in [1.54, 1.807) is 24.3 Å². The number of aromatic hydroxyl groups is 1. The van der Waals surface area contributed by atoms with Gasteiger partial charge in [0.1, 0.15) is 11.9 Å². The van der Waals surface area contributed by atoms with Gasteiger partial charge in [-0.2, -0.15) is 0 Å². The molecule has 1 fully saturated rings. The molecule has 1 N–H and O–H groups in total. The van der Waals surface area contributed by atoms with Crippen molar-refractivity contribution in [3.05, 3.63) is 106 Å². The summed E-state index contributed by atoms with van der Waals surface area (Å²) in [5.41, 5.74) is 4.27. The number of benzene rings is 3. The quantitative estimate of drug-likeness (QED) is 0.423. The van der Waals surface area contributed by atoms with Crippen LogP contribution in [0.5, 0.6) is 5.75 Å². The van der Waals surface area contributed by atoms with Crippen molar-refractivity contribution in [1.82, 2.24) is 4.90 Å². The van der Waals surface area contributed by atoms with Crippen molar-refractivity contribution in [3.8, 4) is 5.75 Å². The summed E-state index contributed by atoms with van der Waals surface area (Å²) in [6.45, 7) is 0. The van der Waals surface area contributed by atoms with Crippen LogP contribution in [0.4, 0.5) is 5.69 Å². The van der Waals surface area contributed by atoms with Gasteiger partial charge in [0.05, 0.1) is 22.7 Å². The number of phenolic OH excluding ortho intramolecular Hbond substituents is 1. The van der Waals surface area contributed by atoms with Gasteiger partial charge < -0.3 is 5.11 Å². The zero-order chi connectivity index (χ0) is 19.3. The second-order valence-electron chi connectivity index (χ2n) is 7.03. The molecule has 0 bridgehead atoms. The normalized spacial score (nSPS) is 25.1. The Bertz CT molecular complexity index is 1060. The van der Waals surface area contributed by atoms with E-state index in [2.05, 4.69) is 17.0 Å². The minimum atomic E-state index is -0.381. The molecule has 0 saturated carbocycles. The van der Waals surface area contributed by atoms with E-state index in [1.807, 2.05) is 42.5 Å². The van der Waals surface area contributed by atoms with E-state index in [1.165, 1.54) is 0 Å². The third-order valence-corrected chi connectivity index (χ3v) is 5.38. The zero-order valence-electron chi connectivity index (χ0n) is 14.8. The highest BCUT2D eigenvalue weighted by molar-refractivity contribution is 6.08. The second kappa shape index (κ2) is 6.28. The van der Waals surface area contributed by atoms with Gasteiger partial charge in [-0.15, -0.1) is 0 Å². The second-order valence-corrected chi connectivity index (χ2v) is 7.03. The van der Waals surface area contributed by atoms with Crippen LogP contribution in [-0.4, -0.2) is 26.7 Å². The third kappa shape index (κ3) is 2.66. The van der Waals surface area contributed by atoms with Crippen molar-refractivity contribution in [2.24, 2.45) is 4.99 Å². The lowest BCUT2D eigenvalue weighted by Gasteiger charge is -2.14. The van der Waals surface area contributed by atoms with Gasteiger partial charge in [0.15, 0.2) is 0 Å². The summed E-state index contributed by atoms with van der Waals surface area (Å²) < 4.78 is 0. The van der Waals surface area contributed by atoms with Gasteiger partial charge in [0.2, 0.25) is 0 Å². The standard InChI is InChI=1S/C22H17N3O3/c26-18-12-8-16(9-13-18)22-23-19(14-4-2-1-3-5-14)21-20(24(21)22)15-6-10-17(11-7-15)25(27)28/h1-13,20-22,26H. The topological polar surface area (TPSA) is 78.7 Å². The average molecular weight is 371 g/mol. The Morgan fingerprint density at radius 2 is 1.50 bits per heavy atom. The summed E-state index contributed by atoms with van der Waals surface area (Å²) in [5, 5.41) is 20.6. The molecule has 6 nitrogen and oxygen atoms in total. The predicted molar refractivity (Wildman–Crippen MR) is 105 cm³/mol. The van der Waals surface area contributed by atoms with Crippen molar-refractivity contribution in [2.75, 3.05) is 0 Å². The maximum atomic E-state index is 11.0. The summed E-state index contributed by atoms with van der Waals surface area (Å²) in [5.74, 6) is 0.225. The minimum absolute atomic E-state index is 0.0941. The number of aliphatic imine (C=N–C) groups is 1. The number of hydrogen-bond acceptors (Lipinski definition) is 5. The molecule has 1 saturated heterocycles. The van der Waals surface area contributed by atoms with E-state index >= 15 is 0 Å². The van der Waals surface area contributed by atoms with Crippen molar-refractivity contribution < 1.29 is 10.0 Å². The van der Waals surface area contributed by atoms with E-state index in [0.29, 0.717) is 0 Å². The molecule has 2 aliphatic rings. The Morgan fingerprint density at radius 1 is 0.857 bits per heavy atom. The summed E-state index contributed by atoms with van der Waals surface area (Å²) in [6.07, 6.45) is -0.138. The molecular weight excluding hydrogens is 354 g/mol. The number of nitrogens with zero attached hydrogens (tertiary/aromatic N) is 3. The Hall–Kier alpha value is -3.51. The fraction of sp³-hybridized carbons (Fsp3) is 0.136. The molecule has 3 aromatic rings. The Labute approximate surface area is 161 Å². The van der Waals surface area contributed by atoms with Gasteiger partial charge in [-0.05, 0) is 28.8 Å². The van der Waals surface area contributed by atoms with E-state index in [-0.39, 0.29) is 34.6 Å². The Morgan fingerprint density at radius 3 is 2.14 bits per heavy atom. The SMILES string of the molecule is O=[N+]([O-])c1ccc(C2C3C(c4ccccc4)=NC(c4ccc(O)cc4)N32)cc1. The maximum absolute atomic E-state index is 11.0. The van der Waals surface area contributed by atoms with Crippen LogP contribution < -0.4 is 0 Å². The summed E-state index contributed by atoms with van der Waals surface area (Å²) in [6, 6.07) is 24.3. The monoisotopic (exact) mass is 371 g/mol. The van der Waals surface area contributed by atoms with Gasteiger partial charge in [-0.25, -0.2) is 0 Å². The first-order valence-electron chi connectivity index (χ1n) is 9.07. The molecule has 2 aliphatic heterocycles. The van der Waals surface area contributed by atoms with Crippen molar-refractivity contribution >= 4 is 11.4 Å². The highest BCUT2D eigenvalue weighted by atomic mass is 16.6. The molecule has 28 heavy (non-hydrogen) atoms. The first-order valence-corrected chi connectivity index (χ1v) is 9.07. The van der Waals surface area contributed by atoms with Crippen LogP contribution in [0.3, 0.4) is 0 Å².